The number of thiazole rings is 1. The van der Waals surface area contributed by atoms with Gasteiger partial charge in [-0.25, -0.2) is 9.78 Å². The molecule has 26 heavy (non-hydrogen) atoms. The molecule has 2 bridgehead atoms. The smallest absolute Gasteiger partial charge is 0.412 e. The topological polar surface area (TPSA) is 67.3 Å². The van der Waals surface area contributed by atoms with Gasteiger partial charge in [-0.15, -0.1) is 36.2 Å². The number of anilines is 1. The number of ether oxygens (including phenoxy) is 1. The number of amides is 1. The van der Waals surface area contributed by atoms with Gasteiger partial charge in [-0.3, -0.25) is 10.3 Å². The lowest BCUT2D eigenvalue weighted by Crippen LogP contribution is -2.50. The van der Waals surface area contributed by atoms with Crippen LogP contribution in [0.4, 0.5) is 10.6 Å². The molecule has 2 aromatic heterocycles. The predicted molar refractivity (Wildman–Crippen MR) is 108 cm³/mol. The van der Waals surface area contributed by atoms with E-state index in [1.54, 1.807) is 17.9 Å². The molecule has 9 heteroatoms. The van der Waals surface area contributed by atoms with E-state index in [4.69, 9.17) is 4.74 Å². The minimum atomic E-state index is -0.423. The Morgan fingerprint density at radius 1 is 1.27 bits per heavy atom. The number of hydrogen-bond acceptors (Lipinski definition) is 6. The van der Waals surface area contributed by atoms with Gasteiger partial charge in [-0.1, -0.05) is 6.07 Å². The van der Waals surface area contributed by atoms with Crippen LogP contribution in [0.3, 0.4) is 0 Å². The highest BCUT2D eigenvalue weighted by Gasteiger charge is 2.40. The van der Waals surface area contributed by atoms with E-state index in [9.17, 15) is 4.79 Å². The molecule has 5 heterocycles. The quantitative estimate of drug-likeness (QED) is 0.812. The summed E-state index contributed by atoms with van der Waals surface area (Å²) in [6.07, 6.45) is 6.43. The summed E-state index contributed by atoms with van der Waals surface area (Å²) in [7, 11) is 0. The number of piperidine rings is 3. The summed E-state index contributed by atoms with van der Waals surface area (Å²) in [5.74, 6) is 0.536. The van der Waals surface area contributed by atoms with Crippen molar-refractivity contribution in [1.82, 2.24) is 14.9 Å². The molecule has 6 nitrogen and oxygen atoms in total. The van der Waals surface area contributed by atoms with E-state index in [-0.39, 0.29) is 30.2 Å². The Bertz CT molecular complexity index is 707. The van der Waals surface area contributed by atoms with Gasteiger partial charge in [-0.2, -0.15) is 0 Å². The first-order valence-corrected chi connectivity index (χ1v) is 9.12. The van der Waals surface area contributed by atoms with Gasteiger partial charge in [0, 0.05) is 23.4 Å². The Labute approximate surface area is 169 Å². The molecular weight excluding hydrogens is 395 g/mol. The molecular formula is C17H22Cl2N4O2S. The number of hydrogen-bond donors (Lipinski definition) is 1. The van der Waals surface area contributed by atoms with Crippen molar-refractivity contribution >= 4 is 48.1 Å². The summed E-state index contributed by atoms with van der Waals surface area (Å²) < 4.78 is 5.55. The summed E-state index contributed by atoms with van der Waals surface area (Å²) in [5.41, 5.74) is 2.84. The lowest BCUT2D eigenvalue weighted by atomic mass is 9.73. The number of nitrogens with zero attached hydrogens (tertiary/aromatic N) is 3. The average Bonchev–Trinajstić information content (AvgIpc) is 3.10. The predicted octanol–water partition coefficient (Wildman–Crippen LogP) is 4.08. The zero-order valence-electron chi connectivity index (χ0n) is 14.2. The van der Waals surface area contributed by atoms with Gasteiger partial charge in [0.15, 0.2) is 5.82 Å². The average molecular weight is 417 g/mol. The van der Waals surface area contributed by atoms with E-state index in [1.807, 2.05) is 12.1 Å². The maximum atomic E-state index is 12.2. The van der Waals surface area contributed by atoms with Crippen LogP contribution in [-0.4, -0.2) is 47.2 Å². The number of halogens is 2. The first-order chi connectivity index (χ1) is 11.7. The first kappa shape index (κ1) is 20.9. The molecule has 0 aromatic carbocycles. The molecule has 0 radical (unpaired) electrons. The van der Waals surface area contributed by atoms with Crippen molar-refractivity contribution in [3.05, 3.63) is 30.0 Å². The molecule has 1 amide bonds. The van der Waals surface area contributed by atoms with E-state index in [0.717, 1.165) is 49.3 Å². The van der Waals surface area contributed by atoms with Crippen molar-refractivity contribution in [1.29, 1.82) is 0 Å². The van der Waals surface area contributed by atoms with Crippen LogP contribution in [0.2, 0.25) is 0 Å². The second kappa shape index (κ2) is 8.99. The Hall–Kier alpha value is -1.41. The minimum Gasteiger partial charge on any atom is -0.449 e. The molecule has 142 valence electrons. The van der Waals surface area contributed by atoms with E-state index < -0.39 is 6.09 Å². The second-order valence-corrected chi connectivity index (χ2v) is 7.42. The third-order valence-electron chi connectivity index (χ3n) is 5.10. The third-order valence-corrected chi connectivity index (χ3v) is 5.97. The van der Waals surface area contributed by atoms with Crippen LogP contribution in [0.25, 0.3) is 10.4 Å². The van der Waals surface area contributed by atoms with Gasteiger partial charge in [0.1, 0.15) is 0 Å². The van der Waals surface area contributed by atoms with Crippen molar-refractivity contribution in [2.45, 2.75) is 19.3 Å². The molecule has 0 spiro atoms. The molecule has 0 aliphatic carbocycles. The highest BCUT2D eigenvalue weighted by molar-refractivity contribution is 7.13. The fraction of sp³-hybridized carbons (Fsp3) is 0.471. The first-order valence-electron chi connectivity index (χ1n) is 8.24. The van der Waals surface area contributed by atoms with Crippen LogP contribution in [0.15, 0.2) is 30.0 Å². The van der Waals surface area contributed by atoms with Crippen molar-refractivity contribution in [3.63, 3.8) is 0 Å². The van der Waals surface area contributed by atoms with Crippen LogP contribution in [0.1, 0.15) is 19.3 Å². The van der Waals surface area contributed by atoms with Crippen molar-refractivity contribution in [2.24, 2.45) is 5.41 Å². The third kappa shape index (κ3) is 4.46. The molecule has 3 aliphatic heterocycles. The minimum absolute atomic E-state index is 0. The maximum Gasteiger partial charge on any atom is 0.412 e. The number of fused-ring (bicyclic) bond motifs is 3. The van der Waals surface area contributed by atoms with Gasteiger partial charge >= 0.3 is 6.09 Å². The molecule has 3 fully saturated rings. The number of nitrogens with one attached hydrogen (secondary N) is 1. The largest absolute Gasteiger partial charge is 0.449 e. The zero-order chi connectivity index (χ0) is 16.4. The highest BCUT2D eigenvalue weighted by atomic mass is 35.5. The molecule has 0 saturated carbocycles. The summed E-state index contributed by atoms with van der Waals surface area (Å²) in [6.45, 7) is 3.88. The molecule has 1 N–H and O–H groups in total. The van der Waals surface area contributed by atoms with E-state index in [1.165, 1.54) is 11.3 Å². The fourth-order valence-corrected chi connectivity index (χ4v) is 4.24. The molecule has 5 rings (SSSR count). The molecule has 2 aromatic rings. The summed E-state index contributed by atoms with van der Waals surface area (Å²) >= 11 is 1.47. The number of carbonyl (C=O) groups excluding carboxylic acids is 1. The summed E-state index contributed by atoms with van der Waals surface area (Å²) in [5, 5.41) is 2.78. The molecule has 0 atom stereocenters. The standard InChI is InChI=1S/C17H20N4O2S.2ClH/c22-16(23-11-17-3-7-21(8-4-17)9-5-17)20-15-14(24-12-19-15)13-2-1-6-18-10-13;;/h1-2,6,10,12H,3-5,7-9,11H2,(H,20,22);2*1H. The van der Waals surface area contributed by atoms with Gasteiger partial charge in [0.2, 0.25) is 0 Å². The normalized spacial score (nSPS) is 23.5. The van der Waals surface area contributed by atoms with Gasteiger partial charge in [-0.05, 0) is 45.0 Å². The van der Waals surface area contributed by atoms with Crippen molar-refractivity contribution in [2.75, 3.05) is 31.6 Å². The number of carbonyl (C=O) groups is 1. The fourth-order valence-electron chi connectivity index (χ4n) is 3.50. The number of aromatic nitrogens is 2. The van der Waals surface area contributed by atoms with E-state index in [2.05, 4.69) is 20.2 Å². The van der Waals surface area contributed by atoms with Crippen LogP contribution < -0.4 is 5.32 Å². The lowest BCUT2D eigenvalue weighted by Gasteiger charge is -2.47. The zero-order valence-corrected chi connectivity index (χ0v) is 16.7. The highest BCUT2D eigenvalue weighted by Crippen LogP contribution is 2.40. The summed E-state index contributed by atoms with van der Waals surface area (Å²) in [4.78, 5) is 23.9. The Morgan fingerprint density at radius 2 is 2.00 bits per heavy atom. The van der Waals surface area contributed by atoms with Crippen LogP contribution in [-0.2, 0) is 4.74 Å². The van der Waals surface area contributed by atoms with Crippen molar-refractivity contribution < 1.29 is 9.53 Å². The van der Waals surface area contributed by atoms with E-state index >= 15 is 0 Å². The van der Waals surface area contributed by atoms with Crippen molar-refractivity contribution in [3.8, 4) is 10.4 Å². The number of rotatable bonds is 4. The Morgan fingerprint density at radius 3 is 2.65 bits per heavy atom. The monoisotopic (exact) mass is 416 g/mol. The van der Waals surface area contributed by atoms with E-state index in [0.29, 0.717) is 12.4 Å². The molecule has 3 saturated heterocycles. The van der Waals surface area contributed by atoms with Gasteiger partial charge < -0.3 is 9.64 Å². The lowest BCUT2D eigenvalue weighted by molar-refractivity contribution is -0.0190. The van der Waals surface area contributed by atoms with Gasteiger partial charge in [0.25, 0.3) is 0 Å². The Kier molecular flexibility index (Phi) is 7.23. The van der Waals surface area contributed by atoms with Crippen LogP contribution in [0, 0.1) is 5.41 Å². The molecule has 3 aliphatic rings. The Balaban J connectivity index is 0.00000121. The SMILES string of the molecule is Cl.Cl.O=C(Nc1ncsc1-c1cccnc1)OCC12CCN(CC1)CC2. The second-order valence-electron chi connectivity index (χ2n) is 6.56. The van der Waals surface area contributed by atoms with Crippen LogP contribution >= 0.6 is 36.2 Å². The maximum absolute atomic E-state index is 12.2. The molecule has 0 unspecified atom stereocenters. The number of pyridine rings is 1. The van der Waals surface area contributed by atoms with Crippen LogP contribution in [0.5, 0.6) is 0 Å². The van der Waals surface area contributed by atoms with Gasteiger partial charge in [0.05, 0.1) is 17.0 Å². The summed E-state index contributed by atoms with van der Waals surface area (Å²) in [6, 6.07) is 3.82.